The van der Waals surface area contributed by atoms with Crippen LogP contribution >= 0.6 is 11.6 Å². The number of sulfonamides is 1. The van der Waals surface area contributed by atoms with Gasteiger partial charge in [-0.2, -0.15) is 0 Å². The van der Waals surface area contributed by atoms with E-state index in [0.717, 1.165) is 18.4 Å². The molecule has 20 heavy (non-hydrogen) atoms. The molecule has 0 spiro atoms. The number of halogens is 1. The summed E-state index contributed by atoms with van der Waals surface area (Å²) in [5.74, 6) is 0. The van der Waals surface area contributed by atoms with Crippen molar-refractivity contribution in [2.24, 2.45) is 5.73 Å². The Morgan fingerprint density at radius 2 is 2.25 bits per heavy atom. The van der Waals surface area contributed by atoms with Gasteiger partial charge in [-0.05, 0) is 37.5 Å². The Labute approximate surface area is 124 Å². The molecule has 1 heterocycles. The molecule has 1 aromatic carbocycles. The van der Waals surface area contributed by atoms with Crippen LogP contribution < -0.4 is 10.5 Å². The van der Waals surface area contributed by atoms with Crippen molar-refractivity contribution in [3.05, 3.63) is 28.8 Å². The van der Waals surface area contributed by atoms with Gasteiger partial charge in [0.1, 0.15) is 4.90 Å². The predicted octanol–water partition coefficient (Wildman–Crippen LogP) is 1.65. The van der Waals surface area contributed by atoms with E-state index in [1.807, 2.05) is 6.92 Å². The molecule has 5 nitrogen and oxygen atoms in total. The minimum Gasteiger partial charge on any atom is -0.380 e. The molecule has 1 aromatic rings. The van der Waals surface area contributed by atoms with Crippen LogP contribution in [0.15, 0.2) is 23.1 Å². The van der Waals surface area contributed by atoms with Crippen LogP contribution in [0.25, 0.3) is 0 Å². The minimum atomic E-state index is -3.70. The van der Waals surface area contributed by atoms with Gasteiger partial charge in [0.2, 0.25) is 10.0 Å². The molecule has 2 rings (SSSR count). The van der Waals surface area contributed by atoms with Crippen LogP contribution in [-0.2, 0) is 21.3 Å². The van der Waals surface area contributed by atoms with Crippen molar-refractivity contribution >= 4 is 21.6 Å². The van der Waals surface area contributed by atoms with Gasteiger partial charge in [0.25, 0.3) is 0 Å². The molecule has 0 radical (unpaired) electrons. The lowest BCUT2D eigenvalue weighted by atomic mass is 9.97. The first-order valence-corrected chi connectivity index (χ1v) is 8.33. The molecule has 1 fully saturated rings. The van der Waals surface area contributed by atoms with E-state index in [4.69, 9.17) is 22.1 Å². The molecule has 1 unspecified atom stereocenters. The molecular formula is C13H19ClN2O3S. The maximum absolute atomic E-state index is 12.5. The number of hydrogen-bond acceptors (Lipinski definition) is 4. The first-order chi connectivity index (χ1) is 9.36. The molecular weight excluding hydrogens is 300 g/mol. The van der Waals surface area contributed by atoms with Crippen molar-refractivity contribution in [1.29, 1.82) is 0 Å². The van der Waals surface area contributed by atoms with Gasteiger partial charge in [0.15, 0.2) is 0 Å². The molecule has 0 amide bonds. The highest BCUT2D eigenvalue weighted by Crippen LogP contribution is 2.26. The number of nitrogens with two attached hydrogens (primary N) is 1. The molecule has 0 aliphatic carbocycles. The zero-order valence-electron chi connectivity index (χ0n) is 11.4. The van der Waals surface area contributed by atoms with Crippen LogP contribution in [0.5, 0.6) is 0 Å². The number of benzene rings is 1. The Kier molecular flexibility index (Phi) is 4.71. The number of nitrogens with one attached hydrogen (secondary N) is 1. The minimum absolute atomic E-state index is 0.0638. The van der Waals surface area contributed by atoms with Crippen LogP contribution in [0.4, 0.5) is 0 Å². The van der Waals surface area contributed by atoms with Gasteiger partial charge in [-0.1, -0.05) is 17.7 Å². The molecule has 1 aliphatic heterocycles. The van der Waals surface area contributed by atoms with Crippen molar-refractivity contribution < 1.29 is 13.2 Å². The van der Waals surface area contributed by atoms with Crippen LogP contribution in [0.1, 0.15) is 25.3 Å². The van der Waals surface area contributed by atoms with Crippen LogP contribution in [-0.4, -0.2) is 27.2 Å². The van der Waals surface area contributed by atoms with Crippen molar-refractivity contribution in [3.8, 4) is 0 Å². The van der Waals surface area contributed by atoms with E-state index < -0.39 is 15.6 Å². The van der Waals surface area contributed by atoms with E-state index in [-0.39, 0.29) is 16.5 Å². The first kappa shape index (κ1) is 15.7. The van der Waals surface area contributed by atoms with Gasteiger partial charge in [0, 0.05) is 13.2 Å². The average Bonchev–Trinajstić information content (AvgIpc) is 2.38. The highest BCUT2D eigenvalue weighted by Gasteiger charge is 2.33. The molecule has 1 aliphatic rings. The molecule has 7 heteroatoms. The first-order valence-electron chi connectivity index (χ1n) is 6.46. The Morgan fingerprint density at radius 3 is 2.85 bits per heavy atom. The maximum atomic E-state index is 12.5. The number of hydrogen-bond donors (Lipinski definition) is 2. The van der Waals surface area contributed by atoms with E-state index in [1.54, 1.807) is 12.1 Å². The van der Waals surface area contributed by atoms with Gasteiger partial charge in [-0.15, -0.1) is 0 Å². The second-order valence-electron chi connectivity index (χ2n) is 5.29. The lowest BCUT2D eigenvalue weighted by Gasteiger charge is -2.34. The van der Waals surface area contributed by atoms with Gasteiger partial charge in [-0.3, -0.25) is 0 Å². The molecule has 112 valence electrons. The Morgan fingerprint density at radius 1 is 1.50 bits per heavy atom. The fraction of sp³-hybridized carbons (Fsp3) is 0.538. The molecule has 0 aromatic heterocycles. The van der Waals surface area contributed by atoms with E-state index in [1.165, 1.54) is 6.07 Å². The Hall–Kier alpha value is -0.660. The Bertz CT molecular complexity index is 583. The van der Waals surface area contributed by atoms with Crippen molar-refractivity contribution in [3.63, 3.8) is 0 Å². The normalized spacial score (nSPS) is 23.8. The fourth-order valence-corrected chi connectivity index (χ4v) is 4.25. The van der Waals surface area contributed by atoms with E-state index in [0.29, 0.717) is 13.2 Å². The summed E-state index contributed by atoms with van der Waals surface area (Å²) in [6, 6.07) is 4.78. The number of rotatable bonds is 4. The monoisotopic (exact) mass is 318 g/mol. The molecule has 3 N–H and O–H groups in total. The van der Waals surface area contributed by atoms with E-state index >= 15 is 0 Å². The molecule has 0 saturated carbocycles. The summed E-state index contributed by atoms with van der Waals surface area (Å²) in [4.78, 5) is 0.0638. The third kappa shape index (κ3) is 3.51. The topological polar surface area (TPSA) is 81.4 Å². The Balaban J connectivity index is 2.30. The summed E-state index contributed by atoms with van der Waals surface area (Å²) in [5, 5.41) is 0.190. The summed E-state index contributed by atoms with van der Waals surface area (Å²) in [7, 11) is -3.70. The van der Waals surface area contributed by atoms with Gasteiger partial charge in [-0.25, -0.2) is 13.1 Å². The predicted molar refractivity (Wildman–Crippen MR) is 78.1 cm³/mol. The zero-order chi connectivity index (χ0) is 14.8. The quantitative estimate of drug-likeness (QED) is 0.884. The second kappa shape index (κ2) is 5.99. The van der Waals surface area contributed by atoms with Crippen molar-refractivity contribution in [2.75, 3.05) is 13.2 Å². The average molecular weight is 319 g/mol. The molecule has 1 atom stereocenters. The summed E-state index contributed by atoms with van der Waals surface area (Å²) in [6.07, 6.45) is 1.57. The highest BCUT2D eigenvalue weighted by molar-refractivity contribution is 7.89. The lowest BCUT2D eigenvalue weighted by molar-refractivity contribution is 0.0386. The third-order valence-electron chi connectivity index (χ3n) is 3.34. The lowest BCUT2D eigenvalue weighted by Crippen LogP contribution is -2.51. The summed E-state index contributed by atoms with van der Waals surface area (Å²) < 4.78 is 33.1. The van der Waals surface area contributed by atoms with Crippen LogP contribution in [0.3, 0.4) is 0 Å². The van der Waals surface area contributed by atoms with Crippen LogP contribution in [0, 0.1) is 0 Å². The summed E-state index contributed by atoms with van der Waals surface area (Å²) in [6.45, 7) is 3.13. The zero-order valence-corrected chi connectivity index (χ0v) is 12.9. The summed E-state index contributed by atoms with van der Waals surface area (Å²) >= 11 is 6.01. The number of ether oxygens (including phenoxy) is 1. The smallest absolute Gasteiger partial charge is 0.242 e. The largest absolute Gasteiger partial charge is 0.380 e. The standard InChI is InChI=1S/C13H19ClN2O3S/c1-13(5-2-6-19-9-13)16-20(17,18)12-7-10(8-15)3-4-11(12)14/h3-4,7,16H,2,5-6,8-9,15H2,1H3. The van der Waals surface area contributed by atoms with E-state index in [9.17, 15) is 8.42 Å². The maximum Gasteiger partial charge on any atom is 0.242 e. The molecule has 1 saturated heterocycles. The van der Waals surface area contributed by atoms with Gasteiger partial charge in [0.05, 0.1) is 17.2 Å². The van der Waals surface area contributed by atoms with E-state index in [2.05, 4.69) is 4.72 Å². The third-order valence-corrected chi connectivity index (χ3v) is 5.46. The fourth-order valence-electron chi connectivity index (χ4n) is 2.27. The second-order valence-corrected chi connectivity index (χ2v) is 7.35. The van der Waals surface area contributed by atoms with Crippen molar-refractivity contribution in [1.82, 2.24) is 4.72 Å². The summed E-state index contributed by atoms with van der Waals surface area (Å²) in [5.41, 5.74) is 5.67. The molecule has 0 bridgehead atoms. The van der Waals surface area contributed by atoms with Crippen LogP contribution in [0.2, 0.25) is 5.02 Å². The van der Waals surface area contributed by atoms with Gasteiger partial charge >= 0.3 is 0 Å². The SMILES string of the molecule is CC1(NS(=O)(=O)c2cc(CN)ccc2Cl)CCCOC1. The highest BCUT2D eigenvalue weighted by atomic mass is 35.5. The van der Waals surface area contributed by atoms with Crippen molar-refractivity contribution in [2.45, 2.75) is 36.7 Å². The van der Waals surface area contributed by atoms with Gasteiger partial charge < -0.3 is 10.5 Å².